The average molecular weight is 353 g/mol. The summed E-state index contributed by atoms with van der Waals surface area (Å²) in [6.07, 6.45) is 3.79. The molecule has 0 saturated carbocycles. The van der Waals surface area contributed by atoms with Gasteiger partial charge in [-0.1, -0.05) is 49.9 Å². The number of aryl methyl sites for hydroxylation is 1. The Morgan fingerprint density at radius 1 is 1.16 bits per heavy atom. The third-order valence-electron chi connectivity index (χ3n) is 4.23. The highest BCUT2D eigenvalue weighted by Gasteiger charge is 2.19. The molecule has 4 nitrogen and oxygen atoms in total. The Morgan fingerprint density at radius 2 is 1.96 bits per heavy atom. The van der Waals surface area contributed by atoms with Gasteiger partial charge in [-0.05, 0) is 43.0 Å². The minimum absolute atomic E-state index is 0.00567. The van der Waals surface area contributed by atoms with E-state index in [2.05, 4.69) is 30.2 Å². The van der Waals surface area contributed by atoms with Crippen molar-refractivity contribution in [3.63, 3.8) is 0 Å². The molecule has 1 amide bonds. The van der Waals surface area contributed by atoms with Gasteiger partial charge >= 0.3 is 0 Å². The maximum Gasteiger partial charge on any atom is 0.237 e. The molecular formula is C20H23N3OS. The highest BCUT2D eigenvalue weighted by atomic mass is 32.2. The molecule has 0 aliphatic rings. The number of hydrogen-bond donors (Lipinski definition) is 1. The Bertz CT molecular complexity index is 901. The van der Waals surface area contributed by atoms with Crippen LogP contribution < -0.4 is 5.32 Å². The number of anilines is 1. The number of imidazole rings is 1. The van der Waals surface area contributed by atoms with E-state index >= 15 is 0 Å². The third-order valence-corrected chi connectivity index (χ3v) is 5.31. The summed E-state index contributed by atoms with van der Waals surface area (Å²) >= 11 is 1.47. The minimum atomic E-state index is -0.245. The Kier molecular flexibility index (Phi) is 5.13. The molecule has 2 aromatic heterocycles. The summed E-state index contributed by atoms with van der Waals surface area (Å²) in [4.78, 5) is 17.2. The lowest BCUT2D eigenvalue weighted by atomic mass is 9.98. The van der Waals surface area contributed by atoms with Crippen molar-refractivity contribution in [3.8, 4) is 0 Å². The zero-order chi connectivity index (χ0) is 18.0. The van der Waals surface area contributed by atoms with E-state index in [1.54, 1.807) is 0 Å². The first-order valence-electron chi connectivity index (χ1n) is 8.46. The fourth-order valence-electron chi connectivity index (χ4n) is 2.79. The molecule has 0 unspecified atom stereocenters. The predicted molar refractivity (Wildman–Crippen MR) is 104 cm³/mol. The number of carbonyl (C=O) groups excluding carboxylic acids is 1. The number of benzene rings is 1. The van der Waals surface area contributed by atoms with Crippen LogP contribution in [0.15, 0.2) is 53.9 Å². The molecule has 0 saturated heterocycles. The zero-order valence-corrected chi connectivity index (χ0v) is 15.8. The van der Waals surface area contributed by atoms with Crippen molar-refractivity contribution >= 4 is 28.9 Å². The number of pyridine rings is 1. The number of hydrogen-bond acceptors (Lipinski definition) is 3. The molecule has 130 valence electrons. The van der Waals surface area contributed by atoms with E-state index in [0.717, 1.165) is 27.5 Å². The van der Waals surface area contributed by atoms with Crippen molar-refractivity contribution in [3.05, 3.63) is 59.9 Å². The van der Waals surface area contributed by atoms with E-state index in [-0.39, 0.29) is 11.2 Å². The quantitative estimate of drug-likeness (QED) is 0.665. The molecule has 0 fully saturated rings. The van der Waals surface area contributed by atoms with Gasteiger partial charge in [-0.15, -0.1) is 0 Å². The Balaban J connectivity index is 1.78. The first kappa shape index (κ1) is 17.5. The standard InChI is InChI=1S/C20H23N3OS/c1-13(2)17-10-7-8-14(3)18(17)22-19(24)15(4)25-20-21-12-16-9-5-6-11-23(16)20/h5-13,15H,1-4H3,(H,22,24)/t15-/m0/s1. The van der Waals surface area contributed by atoms with Crippen molar-refractivity contribution < 1.29 is 4.79 Å². The second-order valence-electron chi connectivity index (χ2n) is 6.48. The van der Waals surface area contributed by atoms with E-state index in [4.69, 9.17) is 0 Å². The Labute approximate surface area is 152 Å². The third kappa shape index (κ3) is 3.71. The van der Waals surface area contributed by atoms with E-state index in [0.29, 0.717) is 5.92 Å². The van der Waals surface area contributed by atoms with E-state index in [1.165, 1.54) is 11.8 Å². The smallest absolute Gasteiger partial charge is 0.237 e. The molecule has 0 bridgehead atoms. The van der Waals surface area contributed by atoms with Gasteiger partial charge in [-0.2, -0.15) is 0 Å². The number of nitrogens with one attached hydrogen (secondary N) is 1. The molecule has 5 heteroatoms. The highest BCUT2D eigenvalue weighted by Crippen LogP contribution is 2.29. The first-order valence-corrected chi connectivity index (χ1v) is 9.34. The minimum Gasteiger partial charge on any atom is -0.325 e. The Hall–Kier alpha value is -2.27. The summed E-state index contributed by atoms with van der Waals surface area (Å²) in [5, 5.41) is 3.70. The average Bonchev–Trinajstić information content (AvgIpc) is 2.99. The summed E-state index contributed by atoms with van der Waals surface area (Å²) in [6, 6.07) is 12.1. The number of aromatic nitrogens is 2. The van der Waals surface area contributed by atoms with Gasteiger partial charge in [0.05, 0.1) is 17.0 Å². The van der Waals surface area contributed by atoms with Gasteiger partial charge in [0.15, 0.2) is 5.16 Å². The SMILES string of the molecule is Cc1cccc(C(C)C)c1NC(=O)[C@H](C)Sc1ncc2ccccn12. The largest absolute Gasteiger partial charge is 0.325 e. The van der Waals surface area contributed by atoms with Crippen LogP contribution in [-0.4, -0.2) is 20.5 Å². The lowest BCUT2D eigenvalue weighted by Gasteiger charge is -2.18. The monoisotopic (exact) mass is 353 g/mol. The maximum atomic E-state index is 12.7. The fourth-order valence-corrected chi connectivity index (χ4v) is 3.66. The number of rotatable bonds is 5. The first-order chi connectivity index (χ1) is 12.0. The van der Waals surface area contributed by atoms with Crippen LogP contribution in [0, 0.1) is 6.92 Å². The molecule has 0 spiro atoms. The van der Waals surface area contributed by atoms with E-state index < -0.39 is 0 Å². The van der Waals surface area contributed by atoms with Crippen molar-refractivity contribution in [1.82, 2.24) is 9.38 Å². The summed E-state index contributed by atoms with van der Waals surface area (Å²) in [7, 11) is 0. The highest BCUT2D eigenvalue weighted by molar-refractivity contribution is 8.00. The van der Waals surface area contributed by atoms with Gasteiger partial charge in [0, 0.05) is 11.9 Å². The second kappa shape index (κ2) is 7.31. The van der Waals surface area contributed by atoms with Crippen molar-refractivity contribution in [2.75, 3.05) is 5.32 Å². The normalized spacial score (nSPS) is 12.5. The van der Waals surface area contributed by atoms with Crippen LogP contribution in [0.3, 0.4) is 0 Å². The van der Waals surface area contributed by atoms with Gasteiger partial charge in [0.2, 0.25) is 5.91 Å². The van der Waals surface area contributed by atoms with Crippen LogP contribution >= 0.6 is 11.8 Å². The molecule has 1 atom stereocenters. The number of para-hydroxylation sites is 1. The molecule has 2 heterocycles. The zero-order valence-electron chi connectivity index (χ0n) is 15.0. The second-order valence-corrected chi connectivity index (χ2v) is 7.79. The molecule has 3 rings (SSSR count). The molecule has 1 N–H and O–H groups in total. The van der Waals surface area contributed by atoms with Crippen LogP contribution in [0.2, 0.25) is 0 Å². The summed E-state index contributed by atoms with van der Waals surface area (Å²) in [6.45, 7) is 8.22. The van der Waals surface area contributed by atoms with Crippen LogP contribution in [0.25, 0.3) is 5.52 Å². The summed E-state index contributed by atoms with van der Waals surface area (Å²) < 4.78 is 2.00. The van der Waals surface area contributed by atoms with Gasteiger partial charge in [0.1, 0.15) is 0 Å². The topological polar surface area (TPSA) is 46.4 Å². The van der Waals surface area contributed by atoms with Crippen molar-refractivity contribution in [2.45, 2.75) is 44.0 Å². The van der Waals surface area contributed by atoms with Crippen molar-refractivity contribution in [2.24, 2.45) is 0 Å². The molecule has 3 aromatic rings. The van der Waals surface area contributed by atoms with Gasteiger partial charge in [-0.3, -0.25) is 9.20 Å². The Morgan fingerprint density at radius 3 is 2.72 bits per heavy atom. The summed E-state index contributed by atoms with van der Waals surface area (Å²) in [5.41, 5.74) is 4.21. The van der Waals surface area contributed by atoms with Crippen LogP contribution in [-0.2, 0) is 4.79 Å². The van der Waals surface area contributed by atoms with Crippen LogP contribution in [0.5, 0.6) is 0 Å². The number of carbonyl (C=O) groups is 1. The number of nitrogens with zero attached hydrogens (tertiary/aromatic N) is 2. The lowest BCUT2D eigenvalue weighted by molar-refractivity contribution is -0.115. The van der Waals surface area contributed by atoms with Gasteiger partial charge < -0.3 is 5.32 Å². The van der Waals surface area contributed by atoms with Crippen molar-refractivity contribution in [1.29, 1.82) is 0 Å². The van der Waals surface area contributed by atoms with E-state index in [9.17, 15) is 4.79 Å². The molecule has 0 aliphatic heterocycles. The molecule has 0 radical (unpaired) electrons. The number of thioether (sulfide) groups is 1. The van der Waals surface area contributed by atoms with Crippen LogP contribution in [0.4, 0.5) is 5.69 Å². The number of amides is 1. The summed E-state index contributed by atoms with van der Waals surface area (Å²) in [5.74, 6) is 0.350. The molecule has 25 heavy (non-hydrogen) atoms. The fraction of sp³-hybridized carbons (Fsp3) is 0.300. The maximum absolute atomic E-state index is 12.7. The van der Waals surface area contributed by atoms with Crippen LogP contribution in [0.1, 0.15) is 37.8 Å². The van der Waals surface area contributed by atoms with Gasteiger partial charge in [-0.25, -0.2) is 4.98 Å². The predicted octanol–water partition coefficient (Wildman–Crippen LogP) is 4.89. The molecule has 0 aliphatic carbocycles. The lowest BCUT2D eigenvalue weighted by Crippen LogP contribution is -2.24. The van der Waals surface area contributed by atoms with E-state index in [1.807, 2.05) is 61.0 Å². The molecule has 1 aromatic carbocycles. The molecular weight excluding hydrogens is 330 g/mol. The van der Waals surface area contributed by atoms with Gasteiger partial charge in [0.25, 0.3) is 0 Å². The number of fused-ring (bicyclic) bond motifs is 1.